The summed E-state index contributed by atoms with van der Waals surface area (Å²) in [5.74, 6) is 0.798. The van der Waals surface area contributed by atoms with Crippen LogP contribution < -0.4 is 10.1 Å². The second-order valence-electron chi connectivity index (χ2n) is 5.31. The van der Waals surface area contributed by atoms with E-state index >= 15 is 0 Å². The molecule has 1 aliphatic rings. The number of morpholine rings is 1. The SMILES string of the molecule is CC1CNCC(COc2ccc(C#N)c3ccccc23)O1. The third-order valence-electron chi connectivity index (χ3n) is 3.66. The lowest BCUT2D eigenvalue weighted by Crippen LogP contribution is -2.45. The van der Waals surface area contributed by atoms with Crippen LogP contribution in [0.4, 0.5) is 0 Å². The zero-order valence-electron chi connectivity index (χ0n) is 12.0. The van der Waals surface area contributed by atoms with E-state index in [9.17, 15) is 5.26 Å². The number of rotatable bonds is 3. The Balaban J connectivity index is 1.80. The maximum Gasteiger partial charge on any atom is 0.127 e. The third-order valence-corrected chi connectivity index (χ3v) is 3.66. The van der Waals surface area contributed by atoms with E-state index in [4.69, 9.17) is 9.47 Å². The Kier molecular flexibility index (Phi) is 4.05. The van der Waals surface area contributed by atoms with Gasteiger partial charge in [0.2, 0.25) is 0 Å². The summed E-state index contributed by atoms with van der Waals surface area (Å²) < 4.78 is 11.8. The van der Waals surface area contributed by atoms with E-state index in [1.54, 1.807) is 6.07 Å². The number of benzene rings is 2. The predicted octanol–water partition coefficient (Wildman–Crippen LogP) is 2.47. The van der Waals surface area contributed by atoms with Gasteiger partial charge in [-0.05, 0) is 19.1 Å². The van der Waals surface area contributed by atoms with Crippen molar-refractivity contribution in [2.45, 2.75) is 19.1 Å². The van der Waals surface area contributed by atoms with Gasteiger partial charge in [0.15, 0.2) is 0 Å². The molecule has 0 bridgehead atoms. The van der Waals surface area contributed by atoms with Crippen LogP contribution in [-0.4, -0.2) is 31.9 Å². The van der Waals surface area contributed by atoms with E-state index in [1.807, 2.05) is 30.3 Å². The average Bonchev–Trinajstić information content (AvgIpc) is 2.52. The summed E-state index contributed by atoms with van der Waals surface area (Å²) in [5.41, 5.74) is 0.669. The molecule has 2 unspecified atom stereocenters. The lowest BCUT2D eigenvalue weighted by Gasteiger charge is -2.28. The van der Waals surface area contributed by atoms with Gasteiger partial charge in [0, 0.05) is 23.9 Å². The number of nitrogens with one attached hydrogen (secondary N) is 1. The van der Waals surface area contributed by atoms with Crippen molar-refractivity contribution < 1.29 is 9.47 Å². The molecule has 3 rings (SSSR count). The first-order valence-corrected chi connectivity index (χ1v) is 7.19. The maximum atomic E-state index is 9.17. The van der Waals surface area contributed by atoms with E-state index in [0.717, 1.165) is 29.6 Å². The molecule has 1 N–H and O–H groups in total. The van der Waals surface area contributed by atoms with Crippen LogP contribution >= 0.6 is 0 Å². The number of nitrogens with zero attached hydrogens (tertiary/aromatic N) is 1. The zero-order chi connectivity index (χ0) is 14.7. The summed E-state index contributed by atoms with van der Waals surface area (Å²) in [6.07, 6.45) is 0.271. The Bertz CT molecular complexity index is 678. The van der Waals surface area contributed by atoms with Crippen molar-refractivity contribution in [3.8, 4) is 11.8 Å². The first-order chi connectivity index (χ1) is 10.3. The van der Waals surface area contributed by atoms with Crippen molar-refractivity contribution in [2.75, 3.05) is 19.7 Å². The fourth-order valence-electron chi connectivity index (χ4n) is 2.65. The molecule has 0 aromatic heterocycles. The molecule has 2 aromatic carbocycles. The van der Waals surface area contributed by atoms with Crippen molar-refractivity contribution in [3.63, 3.8) is 0 Å². The van der Waals surface area contributed by atoms with Crippen molar-refractivity contribution in [3.05, 3.63) is 42.0 Å². The summed E-state index contributed by atoms with van der Waals surface area (Å²) in [6.45, 7) is 4.25. The number of ether oxygens (including phenoxy) is 2. The Hall–Kier alpha value is -2.09. The molecule has 0 aliphatic carbocycles. The molecule has 1 aliphatic heterocycles. The first kappa shape index (κ1) is 13.9. The highest BCUT2D eigenvalue weighted by molar-refractivity contribution is 5.92. The van der Waals surface area contributed by atoms with E-state index in [0.29, 0.717) is 12.2 Å². The summed E-state index contributed by atoms with van der Waals surface area (Å²) >= 11 is 0. The van der Waals surface area contributed by atoms with Crippen LogP contribution in [-0.2, 0) is 4.74 Å². The van der Waals surface area contributed by atoms with Crippen LogP contribution in [0, 0.1) is 11.3 Å². The average molecular weight is 282 g/mol. The van der Waals surface area contributed by atoms with Gasteiger partial charge in [-0.15, -0.1) is 0 Å². The van der Waals surface area contributed by atoms with Gasteiger partial charge in [0.1, 0.15) is 18.5 Å². The fourth-order valence-corrected chi connectivity index (χ4v) is 2.65. The van der Waals surface area contributed by atoms with Crippen LogP contribution in [0.1, 0.15) is 12.5 Å². The molecule has 0 amide bonds. The van der Waals surface area contributed by atoms with E-state index in [-0.39, 0.29) is 12.2 Å². The largest absolute Gasteiger partial charge is 0.490 e. The molecule has 1 heterocycles. The smallest absolute Gasteiger partial charge is 0.127 e. The van der Waals surface area contributed by atoms with Gasteiger partial charge in [-0.2, -0.15) is 5.26 Å². The molecule has 0 saturated carbocycles. The van der Waals surface area contributed by atoms with Crippen LogP contribution in [0.15, 0.2) is 36.4 Å². The molecule has 0 radical (unpaired) electrons. The molecule has 21 heavy (non-hydrogen) atoms. The fraction of sp³-hybridized carbons (Fsp3) is 0.353. The number of hydrogen-bond acceptors (Lipinski definition) is 4. The van der Waals surface area contributed by atoms with Gasteiger partial charge < -0.3 is 14.8 Å². The highest BCUT2D eigenvalue weighted by Gasteiger charge is 2.19. The molecular formula is C17H18N2O2. The monoisotopic (exact) mass is 282 g/mol. The minimum absolute atomic E-state index is 0.0585. The second-order valence-corrected chi connectivity index (χ2v) is 5.31. The molecule has 4 nitrogen and oxygen atoms in total. The molecule has 1 fully saturated rings. The number of fused-ring (bicyclic) bond motifs is 1. The number of nitriles is 1. The summed E-state index contributed by atoms with van der Waals surface area (Å²) in [7, 11) is 0. The lowest BCUT2D eigenvalue weighted by molar-refractivity contribution is -0.0468. The van der Waals surface area contributed by atoms with Gasteiger partial charge in [0.25, 0.3) is 0 Å². The molecule has 1 saturated heterocycles. The standard InChI is InChI=1S/C17H18N2O2/c1-12-9-19-10-14(21-12)11-20-17-7-6-13(8-18)15-4-2-3-5-16(15)17/h2-7,12,14,19H,9-11H2,1H3. The van der Waals surface area contributed by atoms with Crippen molar-refractivity contribution >= 4 is 10.8 Å². The van der Waals surface area contributed by atoms with Crippen LogP contribution in [0.3, 0.4) is 0 Å². The summed E-state index contributed by atoms with van der Waals surface area (Å²) in [5, 5.41) is 14.4. The molecule has 2 aromatic rings. The van der Waals surface area contributed by atoms with Crippen molar-refractivity contribution in [1.29, 1.82) is 5.26 Å². The Morgan fingerprint density at radius 3 is 2.81 bits per heavy atom. The topological polar surface area (TPSA) is 54.3 Å². The van der Waals surface area contributed by atoms with Gasteiger partial charge in [-0.3, -0.25) is 0 Å². The normalized spacial score (nSPS) is 21.9. The van der Waals surface area contributed by atoms with Crippen molar-refractivity contribution in [2.24, 2.45) is 0 Å². The van der Waals surface area contributed by atoms with Gasteiger partial charge in [-0.25, -0.2) is 0 Å². The van der Waals surface area contributed by atoms with Crippen LogP contribution in [0.2, 0.25) is 0 Å². The minimum Gasteiger partial charge on any atom is -0.490 e. The molecule has 108 valence electrons. The Morgan fingerprint density at radius 1 is 1.24 bits per heavy atom. The Morgan fingerprint density at radius 2 is 2.05 bits per heavy atom. The minimum atomic E-state index is 0.0585. The van der Waals surface area contributed by atoms with Crippen LogP contribution in [0.5, 0.6) is 5.75 Å². The molecule has 0 spiro atoms. The highest BCUT2D eigenvalue weighted by Crippen LogP contribution is 2.28. The van der Waals surface area contributed by atoms with Gasteiger partial charge in [0.05, 0.1) is 17.7 Å². The number of hydrogen-bond donors (Lipinski definition) is 1. The lowest BCUT2D eigenvalue weighted by atomic mass is 10.0. The quantitative estimate of drug-likeness (QED) is 0.939. The maximum absolute atomic E-state index is 9.17. The summed E-state index contributed by atoms with van der Waals surface area (Å²) in [6, 6.07) is 13.7. The Labute approximate surface area is 124 Å². The first-order valence-electron chi connectivity index (χ1n) is 7.19. The third kappa shape index (κ3) is 2.99. The highest BCUT2D eigenvalue weighted by atomic mass is 16.5. The molecule has 2 atom stereocenters. The van der Waals surface area contributed by atoms with Crippen molar-refractivity contribution in [1.82, 2.24) is 5.32 Å². The molecule has 4 heteroatoms. The zero-order valence-corrected chi connectivity index (χ0v) is 12.0. The van der Waals surface area contributed by atoms with E-state index < -0.39 is 0 Å². The van der Waals surface area contributed by atoms with Crippen LogP contribution in [0.25, 0.3) is 10.8 Å². The molecular weight excluding hydrogens is 264 g/mol. The van der Waals surface area contributed by atoms with E-state index in [2.05, 4.69) is 18.3 Å². The summed E-state index contributed by atoms with van der Waals surface area (Å²) in [4.78, 5) is 0. The van der Waals surface area contributed by atoms with Gasteiger partial charge >= 0.3 is 0 Å². The second kappa shape index (κ2) is 6.13. The van der Waals surface area contributed by atoms with Gasteiger partial charge in [-0.1, -0.05) is 24.3 Å². The predicted molar refractivity (Wildman–Crippen MR) is 81.4 cm³/mol. The van der Waals surface area contributed by atoms with E-state index in [1.165, 1.54) is 0 Å².